The number of hydrogen-bond donors (Lipinski definition) is 0. The molecule has 0 aromatic heterocycles. The maximum atomic E-state index is 2.63. The van der Waals surface area contributed by atoms with E-state index in [4.69, 9.17) is 0 Å². The molecule has 2 aliphatic rings. The minimum atomic E-state index is 0.209. The molecule has 0 radical (unpaired) electrons. The summed E-state index contributed by atoms with van der Waals surface area (Å²) in [7, 11) is 2.32. The molecule has 0 spiro atoms. The SMILES string of the molecule is CN1C2CCC1CC(c1ccccc1)(c1ccccc1)C2. The van der Waals surface area contributed by atoms with E-state index in [9.17, 15) is 0 Å². The standard InChI is InChI=1S/C20H23N/c1-21-18-12-13-19(21)15-20(14-18,16-8-4-2-5-9-16)17-10-6-3-7-11-17/h2-11,18-19H,12-15H2,1H3. The number of rotatable bonds is 2. The summed E-state index contributed by atoms with van der Waals surface area (Å²) in [4.78, 5) is 2.63. The van der Waals surface area contributed by atoms with Crippen LogP contribution in [0.15, 0.2) is 60.7 Å². The summed E-state index contributed by atoms with van der Waals surface area (Å²) in [6, 6.07) is 23.8. The van der Waals surface area contributed by atoms with E-state index in [1.807, 2.05) is 0 Å². The zero-order chi connectivity index (χ0) is 14.3. The van der Waals surface area contributed by atoms with Crippen LogP contribution in [0.4, 0.5) is 0 Å². The third kappa shape index (κ3) is 2.03. The molecule has 1 nitrogen and oxygen atoms in total. The lowest BCUT2D eigenvalue weighted by atomic mass is 9.66. The fourth-order valence-electron chi connectivity index (χ4n) is 4.62. The van der Waals surface area contributed by atoms with Gasteiger partial charge in [-0.1, -0.05) is 60.7 Å². The first kappa shape index (κ1) is 13.1. The van der Waals surface area contributed by atoms with Crippen LogP contribution in [0.3, 0.4) is 0 Å². The molecule has 1 heteroatoms. The topological polar surface area (TPSA) is 3.24 Å². The van der Waals surface area contributed by atoms with Gasteiger partial charge in [0, 0.05) is 17.5 Å². The van der Waals surface area contributed by atoms with Crippen molar-refractivity contribution in [1.82, 2.24) is 4.90 Å². The van der Waals surface area contributed by atoms with Gasteiger partial charge in [0.1, 0.15) is 0 Å². The molecule has 4 rings (SSSR count). The van der Waals surface area contributed by atoms with Crippen LogP contribution >= 0.6 is 0 Å². The first-order valence-electron chi connectivity index (χ1n) is 8.13. The Morgan fingerprint density at radius 3 is 1.62 bits per heavy atom. The first-order chi connectivity index (χ1) is 10.3. The fraction of sp³-hybridized carbons (Fsp3) is 0.400. The van der Waals surface area contributed by atoms with Crippen molar-refractivity contribution in [2.45, 2.75) is 43.2 Å². The van der Waals surface area contributed by atoms with Gasteiger partial charge in [-0.2, -0.15) is 0 Å². The van der Waals surface area contributed by atoms with Crippen LogP contribution in [0.5, 0.6) is 0 Å². The van der Waals surface area contributed by atoms with Crippen LogP contribution in [0, 0.1) is 0 Å². The van der Waals surface area contributed by atoms with E-state index in [-0.39, 0.29) is 5.41 Å². The maximum Gasteiger partial charge on any atom is 0.0232 e. The normalized spacial score (nSPS) is 27.7. The Bertz CT molecular complexity index is 549. The molecule has 2 aromatic rings. The fourth-order valence-corrected chi connectivity index (χ4v) is 4.62. The van der Waals surface area contributed by atoms with Crippen LogP contribution in [0.1, 0.15) is 36.8 Å². The van der Waals surface area contributed by atoms with E-state index in [2.05, 4.69) is 72.6 Å². The Hall–Kier alpha value is -1.60. The van der Waals surface area contributed by atoms with Gasteiger partial charge < -0.3 is 4.90 Å². The molecule has 2 aliphatic heterocycles. The lowest BCUT2D eigenvalue weighted by Gasteiger charge is -2.46. The summed E-state index contributed by atoms with van der Waals surface area (Å²) >= 11 is 0. The van der Waals surface area contributed by atoms with Gasteiger partial charge in [-0.3, -0.25) is 0 Å². The lowest BCUT2D eigenvalue weighted by molar-refractivity contribution is 0.129. The molecular formula is C20H23N. The van der Waals surface area contributed by atoms with Crippen molar-refractivity contribution in [2.24, 2.45) is 0 Å². The smallest absolute Gasteiger partial charge is 0.0232 e. The highest BCUT2D eigenvalue weighted by Crippen LogP contribution is 2.50. The maximum absolute atomic E-state index is 2.63. The van der Waals surface area contributed by atoms with Gasteiger partial charge >= 0.3 is 0 Å². The predicted molar refractivity (Wildman–Crippen MR) is 87.5 cm³/mol. The van der Waals surface area contributed by atoms with Gasteiger partial charge in [-0.25, -0.2) is 0 Å². The average molecular weight is 277 g/mol. The van der Waals surface area contributed by atoms with Gasteiger partial charge in [0.15, 0.2) is 0 Å². The van der Waals surface area contributed by atoms with Gasteiger partial charge in [-0.05, 0) is 43.9 Å². The summed E-state index contributed by atoms with van der Waals surface area (Å²) in [5, 5.41) is 0. The van der Waals surface area contributed by atoms with Crippen LogP contribution in [0.2, 0.25) is 0 Å². The summed E-state index contributed by atoms with van der Waals surface area (Å²) in [5.41, 5.74) is 3.21. The van der Waals surface area contributed by atoms with Crippen LogP contribution < -0.4 is 0 Å². The van der Waals surface area contributed by atoms with E-state index < -0.39 is 0 Å². The number of benzene rings is 2. The van der Waals surface area contributed by atoms with E-state index in [0.717, 1.165) is 12.1 Å². The molecule has 2 atom stereocenters. The summed E-state index contributed by atoms with van der Waals surface area (Å²) < 4.78 is 0. The Balaban J connectivity index is 1.85. The molecule has 2 fully saturated rings. The Morgan fingerprint density at radius 2 is 1.19 bits per heavy atom. The average Bonchev–Trinajstić information content (AvgIpc) is 2.78. The van der Waals surface area contributed by atoms with Gasteiger partial charge in [0.05, 0.1) is 0 Å². The lowest BCUT2D eigenvalue weighted by Crippen LogP contribution is -2.48. The molecule has 0 aliphatic carbocycles. The van der Waals surface area contributed by atoms with Crippen molar-refractivity contribution in [3.05, 3.63) is 71.8 Å². The van der Waals surface area contributed by atoms with Crippen LogP contribution in [-0.4, -0.2) is 24.0 Å². The monoisotopic (exact) mass is 277 g/mol. The minimum absolute atomic E-state index is 0.209. The van der Waals surface area contributed by atoms with Crippen molar-refractivity contribution in [1.29, 1.82) is 0 Å². The van der Waals surface area contributed by atoms with Gasteiger partial charge in [-0.15, -0.1) is 0 Å². The van der Waals surface area contributed by atoms with E-state index >= 15 is 0 Å². The van der Waals surface area contributed by atoms with E-state index in [1.54, 1.807) is 0 Å². The molecular weight excluding hydrogens is 254 g/mol. The number of hydrogen-bond acceptors (Lipinski definition) is 1. The van der Waals surface area contributed by atoms with Crippen molar-refractivity contribution < 1.29 is 0 Å². The van der Waals surface area contributed by atoms with Crippen LogP contribution in [0.25, 0.3) is 0 Å². The largest absolute Gasteiger partial charge is 0.300 e. The highest BCUT2D eigenvalue weighted by Gasteiger charge is 2.48. The number of nitrogens with zero attached hydrogens (tertiary/aromatic N) is 1. The highest BCUT2D eigenvalue weighted by atomic mass is 15.2. The number of fused-ring (bicyclic) bond motifs is 2. The summed E-state index contributed by atoms with van der Waals surface area (Å²) in [5.74, 6) is 0. The van der Waals surface area contributed by atoms with Gasteiger partial charge in [0.2, 0.25) is 0 Å². The van der Waals surface area contributed by atoms with Crippen molar-refractivity contribution >= 4 is 0 Å². The minimum Gasteiger partial charge on any atom is -0.300 e. The number of piperidine rings is 1. The zero-order valence-corrected chi connectivity index (χ0v) is 12.7. The van der Waals surface area contributed by atoms with E-state index in [0.29, 0.717) is 0 Å². The molecule has 0 saturated carbocycles. The second-order valence-corrected chi connectivity index (χ2v) is 6.77. The molecule has 0 amide bonds. The third-order valence-electron chi connectivity index (χ3n) is 5.81. The Morgan fingerprint density at radius 1 is 0.762 bits per heavy atom. The van der Waals surface area contributed by atoms with Crippen molar-refractivity contribution in [3.8, 4) is 0 Å². The second-order valence-electron chi connectivity index (χ2n) is 6.77. The van der Waals surface area contributed by atoms with Crippen LogP contribution in [-0.2, 0) is 5.41 Å². The highest BCUT2D eigenvalue weighted by molar-refractivity contribution is 5.41. The predicted octanol–water partition coefficient (Wildman–Crippen LogP) is 4.23. The Labute approximate surface area is 127 Å². The van der Waals surface area contributed by atoms with Crippen molar-refractivity contribution in [2.75, 3.05) is 7.05 Å². The second kappa shape index (κ2) is 4.99. The molecule has 2 bridgehead atoms. The first-order valence-corrected chi connectivity index (χ1v) is 8.13. The molecule has 108 valence electrons. The molecule has 0 N–H and O–H groups in total. The molecule has 2 heterocycles. The van der Waals surface area contributed by atoms with Gasteiger partial charge in [0.25, 0.3) is 0 Å². The quantitative estimate of drug-likeness (QED) is 0.794. The molecule has 2 aromatic carbocycles. The Kier molecular flexibility index (Phi) is 3.11. The van der Waals surface area contributed by atoms with Crippen molar-refractivity contribution in [3.63, 3.8) is 0 Å². The molecule has 2 saturated heterocycles. The summed E-state index contributed by atoms with van der Waals surface area (Å²) in [6.07, 6.45) is 5.24. The summed E-state index contributed by atoms with van der Waals surface area (Å²) in [6.45, 7) is 0. The van der Waals surface area contributed by atoms with E-state index in [1.165, 1.54) is 36.8 Å². The molecule has 2 unspecified atom stereocenters. The third-order valence-corrected chi connectivity index (χ3v) is 5.81. The molecule has 21 heavy (non-hydrogen) atoms. The zero-order valence-electron chi connectivity index (χ0n) is 12.7.